The van der Waals surface area contributed by atoms with E-state index in [1.54, 1.807) is 40.7 Å². The van der Waals surface area contributed by atoms with E-state index in [0.29, 0.717) is 59.1 Å². The van der Waals surface area contributed by atoms with Gasteiger partial charge in [0.2, 0.25) is 12.0 Å². The molecule has 2 N–H and O–H groups in total. The molecule has 16 heteroatoms. The average Bonchev–Trinajstić information content (AvgIpc) is 0.969. The molecule has 11 fully saturated rings. The van der Waals surface area contributed by atoms with Crippen molar-refractivity contribution < 1.29 is 71.9 Å². The number of rotatable bonds is 15. The predicted octanol–water partition coefficient (Wildman–Crippen LogP) is 15.4. The zero-order valence-corrected chi connectivity index (χ0v) is 58.1. The first-order valence-corrected chi connectivity index (χ1v) is 34.1. The summed E-state index contributed by atoms with van der Waals surface area (Å²) in [6.07, 6.45) is 21.9. The third-order valence-corrected chi connectivity index (χ3v) is 20.2. The first-order valence-electron chi connectivity index (χ1n) is 34.1. The molecule has 3 atom stereocenters. The fourth-order valence-electron chi connectivity index (χ4n) is 16.0. The second kappa shape index (κ2) is 31.9. The summed E-state index contributed by atoms with van der Waals surface area (Å²) in [5, 5.41) is 15.4. The molecule has 518 valence electrons. The Morgan fingerprint density at radius 1 is 0.562 bits per heavy atom. The normalized spacial score (nSPS) is 26.7. The van der Waals surface area contributed by atoms with Gasteiger partial charge in [-0.2, -0.15) is 0 Å². The second-order valence-corrected chi connectivity index (χ2v) is 29.6. The van der Waals surface area contributed by atoms with E-state index in [0.717, 1.165) is 131 Å². The lowest BCUT2D eigenvalue weighted by atomic mass is 9.49. The van der Waals surface area contributed by atoms with Crippen LogP contribution in [0.5, 0.6) is 0 Å². The summed E-state index contributed by atoms with van der Waals surface area (Å²) < 4.78 is 31.6. The van der Waals surface area contributed by atoms with Gasteiger partial charge in [0.1, 0.15) is 22.4 Å². The molecule has 0 aromatic heterocycles. The van der Waals surface area contributed by atoms with Crippen molar-refractivity contribution in [3.05, 3.63) is 169 Å². The molecule has 3 unspecified atom stereocenters. The average molecular weight is 1320 g/mol. The zero-order chi connectivity index (χ0) is 70.6. The maximum Gasteiger partial charge on any atom is 0.347 e. The Hall–Kier alpha value is -7.98. The van der Waals surface area contributed by atoms with Crippen LogP contribution in [0.2, 0.25) is 0 Å². The minimum absolute atomic E-state index is 0.0328. The van der Waals surface area contributed by atoms with Gasteiger partial charge in [-0.05, 0) is 241 Å². The molecule has 1 saturated heterocycles. The first-order chi connectivity index (χ1) is 45.1. The van der Waals surface area contributed by atoms with E-state index in [4.69, 9.17) is 23.7 Å². The van der Waals surface area contributed by atoms with E-state index >= 15 is 0 Å². The third-order valence-electron chi connectivity index (χ3n) is 20.2. The summed E-state index contributed by atoms with van der Waals surface area (Å²) >= 11 is 0. The van der Waals surface area contributed by atoms with Crippen molar-refractivity contribution in [2.45, 2.75) is 224 Å². The maximum absolute atomic E-state index is 12.4. The Labute approximate surface area is 568 Å². The molecule has 1 aliphatic heterocycles. The molecule has 3 aromatic rings. The lowest BCUT2D eigenvalue weighted by Gasteiger charge is -2.59. The van der Waals surface area contributed by atoms with Gasteiger partial charge < -0.3 is 33.5 Å². The molecule has 96 heavy (non-hydrogen) atoms. The lowest BCUT2D eigenvalue weighted by Crippen LogP contribution is -2.60. The number of nitrogens with one attached hydrogen (secondary N) is 1. The molecule has 8 bridgehead atoms. The molecular weight excluding hydrogens is 1210 g/mol. The highest BCUT2D eigenvalue weighted by Gasteiger charge is 2.59. The van der Waals surface area contributed by atoms with E-state index < -0.39 is 46.0 Å². The van der Waals surface area contributed by atoms with Gasteiger partial charge >= 0.3 is 35.8 Å². The van der Waals surface area contributed by atoms with Gasteiger partial charge in [0, 0.05) is 46.3 Å². The number of hydrogen-bond donors (Lipinski definition) is 2. The molecule has 11 aliphatic rings. The largest absolute Gasteiger partial charge is 0.463 e. The molecular formula is C80H103NO15. The van der Waals surface area contributed by atoms with E-state index in [9.17, 15) is 43.5 Å². The molecule has 1 heterocycles. The molecule has 2 amide bonds. The number of aliphatic hydroxyl groups is 1. The lowest BCUT2D eigenvalue weighted by molar-refractivity contribution is -0.217. The summed E-state index contributed by atoms with van der Waals surface area (Å²) in [7, 11) is 0. The van der Waals surface area contributed by atoms with Crippen LogP contribution in [-0.4, -0.2) is 82.3 Å². The van der Waals surface area contributed by atoms with Crippen molar-refractivity contribution >= 4 is 58.4 Å². The fraction of sp³-hybridized carbons (Fsp3) is 0.525. The van der Waals surface area contributed by atoms with Gasteiger partial charge in [0.15, 0.2) is 0 Å². The van der Waals surface area contributed by atoms with Crippen molar-refractivity contribution in [1.29, 1.82) is 0 Å². The fourth-order valence-corrected chi connectivity index (χ4v) is 16.0. The van der Waals surface area contributed by atoms with Crippen LogP contribution in [0, 0.1) is 35.0 Å². The maximum atomic E-state index is 12.4. The number of benzene rings is 3. The summed E-state index contributed by atoms with van der Waals surface area (Å²) in [5.41, 5.74) is 1.86. The standard InChI is InChI=1S/C17H18O2.C15H21NO2.C15H18O2.C14H20O3.C11H16O2.C8H10O4/c1-12(2)16(18)19-17(3,4)15-10-9-13-7-5-6-8-14(13)11-15;1-9(2)13(17)16-14(18)15-6-10-3-11(7-15)5-12(4-10)8-15;1-12(2)14(16)17-15(10-6-7-11-15)13-8-4-3-5-9-13;1-9(2)12(15)17-14-6-10-3-11(7-14)5-13(16,4-10)8-14;1-4-11(7-5-6-8-11)13-10(12)9(2)3;1-5(2)7(9)12-6-3-4-11-8(6)10/h5-11H,1H2,2-4H3;10-12H,1,3-8H2,2H3,(H,16,17,18);3-5,8-9H,1,6-7,10-11H2,2H3;10-11,16H,1,3-8H2,2H3;4H,1-2,5-8H2,3H3;6H,1,3-4H2,2H3. The van der Waals surface area contributed by atoms with Crippen molar-refractivity contribution in [2.75, 3.05) is 6.61 Å². The molecule has 10 aliphatic carbocycles. The SMILES string of the molecule is C=C(C)C(=O)NC(=O)C12CC3CC(CC(C3)C1)C2.C=C(C)C(=O)OC(C)(C)c1ccc2ccccc2c1.C=C(C)C(=O)OC1(c2ccccc2)CCCC1.C=C(C)C(=O)OC12CC3CC(CC(O)(C3)C1)C2.C=C(C)C(=O)OC1CCOC1=O.C=CC1(OC(=O)C(=C)C)CCCC1. The monoisotopic (exact) mass is 1320 g/mol. The van der Waals surface area contributed by atoms with Crippen LogP contribution in [-0.2, 0) is 78.0 Å². The van der Waals surface area contributed by atoms with Gasteiger partial charge in [-0.3, -0.25) is 14.9 Å². The van der Waals surface area contributed by atoms with Gasteiger partial charge in [-0.25, -0.2) is 28.8 Å². The summed E-state index contributed by atoms with van der Waals surface area (Å²) in [4.78, 5) is 92.2. The van der Waals surface area contributed by atoms with Crippen LogP contribution in [0.25, 0.3) is 10.8 Å². The number of carbonyl (C=O) groups is 8. The Balaban J connectivity index is 0.000000164. The quantitative estimate of drug-likeness (QED) is 0.0625. The second-order valence-electron chi connectivity index (χ2n) is 29.6. The van der Waals surface area contributed by atoms with Crippen molar-refractivity contribution in [1.82, 2.24) is 5.32 Å². The molecule has 16 nitrogen and oxygen atoms in total. The summed E-state index contributed by atoms with van der Waals surface area (Å²) in [6.45, 7) is 39.1. The Morgan fingerprint density at radius 3 is 1.52 bits per heavy atom. The third kappa shape index (κ3) is 19.6. The molecule has 0 radical (unpaired) electrons. The van der Waals surface area contributed by atoms with Crippen LogP contribution in [0.3, 0.4) is 0 Å². The molecule has 3 aromatic carbocycles. The number of ether oxygens (including phenoxy) is 6. The van der Waals surface area contributed by atoms with Crippen LogP contribution in [0.1, 0.15) is 201 Å². The number of carbonyl (C=O) groups excluding carboxylic acids is 8. The van der Waals surface area contributed by atoms with Crippen LogP contribution >= 0.6 is 0 Å². The molecule has 14 rings (SSSR count). The van der Waals surface area contributed by atoms with Crippen LogP contribution in [0.4, 0.5) is 0 Å². The minimum Gasteiger partial charge on any atom is -0.463 e. The summed E-state index contributed by atoms with van der Waals surface area (Å²) in [6, 6.07) is 24.2. The highest BCUT2D eigenvalue weighted by atomic mass is 16.6. The Kier molecular flexibility index (Phi) is 25.1. The van der Waals surface area contributed by atoms with Gasteiger partial charge in [0.05, 0.1) is 17.6 Å². The number of amides is 2. The minimum atomic E-state index is -0.728. The molecule has 10 saturated carbocycles. The molecule has 0 spiro atoms. The van der Waals surface area contributed by atoms with Gasteiger partial charge in [0.25, 0.3) is 5.91 Å². The van der Waals surface area contributed by atoms with Crippen LogP contribution in [0.15, 0.2) is 158 Å². The van der Waals surface area contributed by atoms with E-state index in [1.807, 2.05) is 68.4 Å². The van der Waals surface area contributed by atoms with Crippen molar-refractivity contribution in [2.24, 2.45) is 35.0 Å². The Morgan fingerprint density at radius 2 is 1.04 bits per heavy atom. The van der Waals surface area contributed by atoms with E-state index in [2.05, 4.69) is 74.3 Å². The van der Waals surface area contributed by atoms with Crippen molar-refractivity contribution in [3.8, 4) is 0 Å². The first kappa shape index (κ1) is 75.4. The number of hydrogen-bond acceptors (Lipinski definition) is 15. The van der Waals surface area contributed by atoms with Gasteiger partial charge in [-0.15, -0.1) is 0 Å². The highest BCUT2D eigenvalue weighted by Crippen LogP contribution is 2.61. The van der Waals surface area contributed by atoms with E-state index in [1.165, 1.54) is 38.0 Å². The summed E-state index contributed by atoms with van der Waals surface area (Å²) in [5.74, 6) is 0.657. The number of imide groups is 1. The number of cyclic esters (lactones) is 1. The van der Waals surface area contributed by atoms with E-state index in [-0.39, 0.29) is 46.7 Å². The highest BCUT2D eigenvalue weighted by molar-refractivity contribution is 6.05. The van der Waals surface area contributed by atoms with Crippen LogP contribution < -0.4 is 5.32 Å². The Bertz CT molecular complexity index is 3430. The number of esters is 6. The number of fused-ring (bicyclic) bond motifs is 1. The smallest absolute Gasteiger partial charge is 0.347 e. The predicted molar refractivity (Wildman–Crippen MR) is 370 cm³/mol. The van der Waals surface area contributed by atoms with Crippen molar-refractivity contribution in [3.63, 3.8) is 0 Å². The van der Waals surface area contributed by atoms with Gasteiger partial charge in [-0.1, -0.05) is 113 Å². The zero-order valence-electron chi connectivity index (χ0n) is 58.1. The topological polar surface area (TPSA) is 224 Å².